The molecule has 3 aromatic rings. The first-order chi connectivity index (χ1) is 16.0. The molecule has 1 saturated heterocycles. The summed E-state index contributed by atoms with van der Waals surface area (Å²) in [7, 11) is 0. The highest BCUT2D eigenvalue weighted by atomic mass is 35.5. The van der Waals surface area contributed by atoms with E-state index in [1.165, 1.54) is 18.2 Å². The molecule has 0 radical (unpaired) electrons. The number of hydrogen-bond donors (Lipinski definition) is 3. The molecule has 3 N–H and O–H groups in total. The van der Waals surface area contributed by atoms with E-state index in [4.69, 9.17) is 16.0 Å². The number of carbonyl (C=O) groups is 2. The predicted molar refractivity (Wildman–Crippen MR) is 125 cm³/mol. The second-order valence-electron chi connectivity index (χ2n) is 8.12. The third-order valence-corrected chi connectivity index (χ3v) is 6.13. The number of hydrogen-bond acceptors (Lipinski definition) is 4. The molecular formula is C25H21ClFN3O3. The van der Waals surface area contributed by atoms with Crippen molar-refractivity contribution in [2.45, 2.75) is 18.9 Å². The fourth-order valence-corrected chi connectivity index (χ4v) is 4.33. The van der Waals surface area contributed by atoms with Crippen molar-refractivity contribution in [3.8, 4) is 11.3 Å². The van der Waals surface area contributed by atoms with Crippen LogP contribution in [0.4, 0.5) is 10.1 Å². The van der Waals surface area contributed by atoms with Crippen LogP contribution in [0.1, 0.15) is 34.5 Å². The first kappa shape index (κ1) is 21.4. The standard InChI is InChI=1S/C25H21ClFN3O3/c26-21-6-3-14(24(31)29-16-2-1-9-28-13-16)10-20(21)23-8-5-17(33-23)12-19-18-11-15(27)4-7-22(18)30-25(19)32/h3-8,10-12,16,28H,1-2,9,13H2,(H,29,31)(H,30,32)/b19-12+. The molecule has 0 saturated carbocycles. The van der Waals surface area contributed by atoms with Crippen LogP contribution >= 0.6 is 11.6 Å². The third kappa shape index (κ3) is 4.42. The molecule has 1 atom stereocenters. The zero-order valence-corrected chi connectivity index (χ0v) is 18.3. The molecule has 0 aliphatic carbocycles. The van der Waals surface area contributed by atoms with E-state index in [-0.39, 0.29) is 17.9 Å². The molecule has 168 valence electrons. The highest BCUT2D eigenvalue weighted by Gasteiger charge is 2.25. The second-order valence-corrected chi connectivity index (χ2v) is 8.52. The van der Waals surface area contributed by atoms with E-state index in [2.05, 4.69) is 16.0 Å². The normalized spacial score (nSPS) is 18.8. The van der Waals surface area contributed by atoms with Crippen molar-refractivity contribution in [3.05, 3.63) is 76.3 Å². The maximum absolute atomic E-state index is 13.7. The topological polar surface area (TPSA) is 83.4 Å². The average molecular weight is 466 g/mol. The summed E-state index contributed by atoms with van der Waals surface area (Å²) in [6, 6.07) is 12.7. The molecule has 0 spiro atoms. The Balaban J connectivity index is 1.41. The van der Waals surface area contributed by atoms with Gasteiger partial charge in [0.05, 0.1) is 10.6 Å². The van der Waals surface area contributed by atoms with Crippen LogP contribution in [0.2, 0.25) is 5.02 Å². The van der Waals surface area contributed by atoms with Crippen LogP contribution in [0.5, 0.6) is 0 Å². The maximum atomic E-state index is 13.7. The van der Waals surface area contributed by atoms with Crippen molar-refractivity contribution in [1.82, 2.24) is 10.6 Å². The van der Waals surface area contributed by atoms with Gasteiger partial charge < -0.3 is 20.4 Å². The van der Waals surface area contributed by atoms with Crippen LogP contribution in [-0.2, 0) is 4.79 Å². The molecule has 3 heterocycles. The van der Waals surface area contributed by atoms with Gasteiger partial charge in [-0.1, -0.05) is 11.6 Å². The third-order valence-electron chi connectivity index (χ3n) is 5.80. The van der Waals surface area contributed by atoms with E-state index < -0.39 is 5.82 Å². The number of anilines is 1. The maximum Gasteiger partial charge on any atom is 0.256 e. The first-order valence-electron chi connectivity index (χ1n) is 10.7. The summed E-state index contributed by atoms with van der Waals surface area (Å²) in [4.78, 5) is 25.1. The minimum absolute atomic E-state index is 0.0949. The van der Waals surface area contributed by atoms with Gasteiger partial charge in [0.15, 0.2) is 0 Å². The molecule has 2 aliphatic heterocycles. The molecule has 6 nitrogen and oxygen atoms in total. The number of nitrogens with one attached hydrogen (secondary N) is 3. The minimum Gasteiger partial charge on any atom is -0.457 e. The zero-order valence-electron chi connectivity index (χ0n) is 17.6. The van der Waals surface area contributed by atoms with Crippen LogP contribution < -0.4 is 16.0 Å². The number of benzene rings is 2. The minimum atomic E-state index is -0.429. The van der Waals surface area contributed by atoms with Crippen LogP contribution in [0, 0.1) is 5.82 Å². The van der Waals surface area contributed by atoms with Gasteiger partial charge in [0.2, 0.25) is 0 Å². The monoisotopic (exact) mass is 465 g/mol. The average Bonchev–Trinajstić information content (AvgIpc) is 3.39. The van der Waals surface area contributed by atoms with Gasteiger partial charge in [-0.05, 0) is 74.0 Å². The molecule has 2 aliphatic rings. The summed E-state index contributed by atoms with van der Waals surface area (Å²) in [5, 5.41) is 9.47. The summed E-state index contributed by atoms with van der Waals surface area (Å²) in [6.07, 6.45) is 3.53. The van der Waals surface area contributed by atoms with Crippen LogP contribution in [-0.4, -0.2) is 30.9 Å². The van der Waals surface area contributed by atoms with Gasteiger partial charge in [0.1, 0.15) is 17.3 Å². The van der Waals surface area contributed by atoms with Crippen molar-refractivity contribution in [2.24, 2.45) is 0 Å². The van der Waals surface area contributed by atoms with Crippen molar-refractivity contribution in [1.29, 1.82) is 0 Å². The Morgan fingerprint density at radius 2 is 2.03 bits per heavy atom. The van der Waals surface area contributed by atoms with Crippen LogP contribution in [0.15, 0.2) is 52.9 Å². The van der Waals surface area contributed by atoms with Gasteiger partial charge in [0.25, 0.3) is 11.8 Å². The lowest BCUT2D eigenvalue weighted by Gasteiger charge is -2.23. The van der Waals surface area contributed by atoms with Crippen LogP contribution in [0.25, 0.3) is 23.0 Å². The Bertz CT molecular complexity index is 1280. The van der Waals surface area contributed by atoms with Crippen LogP contribution in [0.3, 0.4) is 0 Å². The summed E-state index contributed by atoms with van der Waals surface area (Å²) < 4.78 is 19.6. The van der Waals surface area contributed by atoms with E-state index >= 15 is 0 Å². The molecule has 8 heteroatoms. The Kier molecular flexibility index (Phi) is 5.74. The summed E-state index contributed by atoms with van der Waals surface area (Å²) in [5.74, 6) is -0.0634. The molecule has 0 bridgehead atoms. The van der Waals surface area contributed by atoms with E-state index in [0.29, 0.717) is 44.5 Å². The molecule has 1 unspecified atom stereocenters. The van der Waals surface area contributed by atoms with E-state index in [0.717, 1.165) is 25.9 Å². The molecule has 5 rings (SSSR count). The van der Waals surface area contributed by atoms with Crippen molar-refractivity contribution < 1.29 is 18.4 Å². The Morgan fingerprint density at radius 3 is 2.85 bits per heavy atom. The molecular weight excluding hydrogens is 445 g/mol. The SMILES string of the molecule is O=C1Nc2ccc(F)cc2/C1=C\c1ccc(-c2cc(C(=O)NC3CCCNC3)ccc2Cl)o1. The molecule has 2 amide bonds. The number of halogens is 2. The number of carbonyl (C=O) groups excluding carboxylic acids is 2. The molecule has 33 heavy (non-hydrogen) atoms. The van der Waals surface area contributed by atoms with Gasteiger partial charge in [-0.15, -0.1) is 0 Å². The quantitative estimate of drug-likeness (QED) is 0.487. The summed E-state index contributed by atoms with van der Waals surface area (Å²) >= 11 is 6.39. The smallest absolute Gasteiger partial charge is 0.256 e. The lowest BCUT2D eigenvalue weighted by Crippen LogP contribution is -2.45. The largest absolute Gasteiger partial charge is 0.457 e. The van der Waals surface area contributed by atoms with E-state index in [1.54, 1.807) is 36.4 Å². The second kappa shape index (κ2) is 8.84. The molecule has 2 aromatic carbocycles. The highest BCUT2D eigenvalue weighted by molar-refractivity contribution is 6.35. The van der Waals surface area contributed by atoms with Gasteiger partial charge in [0, 0.05) is 35.0 Å². The van der Waals surface area contributed by atoms with Gasteiger partial charge >= 0.3 is 0 Å². The lowest BCUT2D eigenvalue weighted by molar-refractivity contribution is -0.110. The summed E-state index contributed by atoms with van der Waals surface area (Å²) in [5.41, 5.74) is 2.39. The number of furan rings is 1. The number of fused-ring (bicyclic) bond motifs is 1. The van der Waals surface area contributed by atoms with Gasteiger partial charge in [-0.2, -0.15) is 0 Å². The predicted octanol–water partition coefficient (Wildman–Crippen LogP) is 4.71. The number of rotatable bonds is 4. The van der Waals surface area contributed by atoms with E-state index in [1.807, 2.05) is 0 Å². The Hall–Kier alpha value is -3.42. The number of amides is 2. The highest BCUT2D eigenvalue weighted by Crippen LogP contribution is 2.35. The van der Waals surface area contributed by atoms with Gasteiger partial charge in [-0.3, -0.25) is 9.59 Å². The van der Waals surface area contributed by atoms with Crippen molar-refractivity contribution in [2.75, 3.05) is 18.4 Å². The van der Waals surface area contributed by atoms with E-state index in [9.17, 15) is 14.0 Å². The Morgan fingerprint density at radius 1 is 1.15 bits per heavy atom. The lowest BCUT2D eigenvalue weighted by atomic mass is 10.1. The van der Waals surface area contributed by atoms with Crippen molar-refractivity contribution in [3.63, 3.8) is 0 Å². The first-order valence-corrected chi connectivity index (χ1v) is 11.1. The Labute approximate surface area is 194 Å². The van der Waals surface area contributed by atoms with Gasteiger partial charge in [-0.25, -0.2) is 4.39 Å². The van der Waals surface area contributed by atoms with Crippen molar-refractivity contribution >= 4 is 40.8 Å². The zero-order chi connectivity index (χ0) is 22.9. The fraction of sp³-hybridized carbons (Fsp3) is 0.200. The molecule has 1 aromatic heterocycles. The number of piperidine rings is 1. The summed E-state index contributed by atoms with van der Waals surface area (Å²) in [6.45, 7) is 1.72. The molecule has 1 fully saturated rings. The fourth-order valence-electron chi connectivity index (χ4n) is 4.12.